The van der Waals surface area contributed by atoms with Crippen LogP contribution >= 0.6 is 11.3 Å². The summed E-state index contributed by atoms with van der Waals surface area (Å²) < 4.78 is 5.51. The first-order valence-electron chi connectivity index (χ1n) is 6.18. The Labute approximate surface area is 117 Å². The zero-order valence-electron chi connectivity index (χ0n) is 11.1. The molecule has 0 fully saturated rings. The maximum absolute atomic E-state index is 11.8. The summed E-state index contributed by atoms with van der Waals surface area (Å²) in [7, 11) is 0. The van der Waals surface area contributed by atoms with E-state index in [-0.39, 0.29) is 18.6 Å². The Morgan fingerprint density at radius 1 is 1.32 bits per heavy atom. The molecular weight excluding hydrogens is 258 g/mol. The third-order valence-corrected chi connectivity index (χ3v) is 3.85. The molecule has 0 saturated carbocycles. The van der Waals surface area contributed by atoms with Crippen molar-refractivity contribution in [3.63, 3.8) is 0 Å². The van der Waals surface area contributed by atoms with E-state index in [1.165, 1.54) is 0 Å². The number of hydrogen-bond acceptors (Lipinski definition) is 3. The van der Waals surface area contributed by atoms with Gasteiger partial charge in [-0.25, -0.2) is 0 Å². The van der Waals surface area contributed by atoms with Crippen LogP contribution in [-0.2, 0) is 4.79 Å². The molecule has 1 atom stereocenters. The van der Waals surface area contributed by atoms with Crippen LogP contribution in [0.2, 0.25) is 0 Å². The highest BCUT2D eigenvalue weighted by Gasteiger charge is 2.11. The highest BCUT2D eigenvalue weighted by molar-refractivity contribution is 7.10. The van der Waals surface area contributed by atoms with Gasteiger partial charge in [0, 0.05) is 4.88 Å². The van der Waals surface area contributed by atoms with Gasteiger partial charge in [0.2, 0.25) is 0 Å². The summed E-state index contributed by atoms with van der Waals surface area (Å²) in [6.07, 6.45) is 0. The van der Waals surface area contributed by atoms with Crippen molar-refractivity contribution in [2.75, 3.05) is 6.61 Å². The van der Waals surface area contributed by atoms with Crippen molar-refractivity contribution in [3.05, 3.63) is 52.2 Å². The largest absolute Gasteiger partial charge is 0.484 e. The number of carbonyl (C=O) groups is 1. The predicted octanol–water partition coefficient (Wildman–Crippen LogP) is 3.31. The molecule has 0 aliphatic heterocycles. The molecule has 1 heterocycles. The summed E-state index contributed by atoms with van der Waals surface area (Å²) in [5.41, 5.74) is 1.03. The molecule has 100 valence electrons. The van der Waals surface area contributed by atoms with Gasteiger partial charge >= 0.3 is 0 Å². The first kappa shape index (κ1) is 13.6. The molecule has 1 N–H and O–H groups in total. The Morgan fingerprint density at radius 2 is 2.11 bits per heavy atom. The van der Waals surface area contributed by atoms with E-state index >= 15 is 0 Å². The van der Waals surface area contributed by atoms with E-state index in [4.69, 9.17) is 4.74 Å². The van der Waals surface area contributed by atoms with Crippen LogP contribution in [0.4, 0.5) is 0 Å². The van der Waals surface area contributed by atoms with Crippen LogP contribution in [-0.4, -0.2) is 12.5 Å². The summed E-state index contributed by atoms with van der Waals surface area (Å²) in [6, 6.07) is 11.7. The van der Waals surface area contributed by atoms with Gasteiger partial charge in [-0.1, -0.05) is 24.3 Å². The summed E-state index contributed by atoms with van der Waals surface area (Å²) in [6.45, 7) is 3.97. The van der Waals surface area contributed by atoms with Crippen LogP contribution in [0.15, 0.2) is 41.8 Å². The summed E-state index contributed by atoms with van der Waals surface area (Å²) in [4.78, 5) is 12.9. The van der Waals surface area contributed by atoms with Crippen molar-refractivity contribution < 1.29 is 9.53 Å². The number of benzene rings is 1. The average molecular weight is 275 g/mol. The molecule has 0 aliphatic carbocycles. The Hall–Kier alpha value is -1.81. The van der Waals surface area contributed by atoms with E-state index in [0.29, 0.717) is 0 Å². The molecule has 4 heteroatoms. The third kappa shape index (κ3) is 3.83. The minimum absolute atomic E-state index is 0.0213. The predicted molar refractivity (Wildman–Crippen MR) is 77.6 cm³/mol. The minimum Gasteiger partial charge on any atom is -0.484 e. The molecule has 0 aliphatic rings. The van der Waals surface area contributed by atoms with Gasteiger partial charge in [-0.05, 0) is 36.9 Å². The third-order valence-electron chi connectivity index (χ3n) is 2.80. The smallest absolute Gasteiger partial charge is 0.258 e. The number of hydrogen-bond donors (Lipinski definition) is 1. The molecule has 1 unspecified atom stereocenters. The Morgan fingerprint density at radius 3 is 2.79 bits per heavy atom. The van der Waals surface area contributed by atoms with Crippen molar-refractivity contribution in [2.24, 2.45) is 0 Å². The standard InChI is InChI=1S/C15H17NO2S/c1-11-6-3-4-7-13(11)18-10-15(17)16-12(2)14-8-5-9-19-14/h3-9,12H,10H2,1-2H3,(H,16,17). The number of rotatable bonds is 5. The Kier molecular flexibility index (Phi) is 4.58. The lowest BCUT2D eigenvalue weighted by Gasteiger charge is -2.13. The molecular formula is C15H17NO2S. The first-order chi connectivity index (χ1) is 9.16. The molecule has 0 spiro atoms. The Bertz CT molecular complexity index is 537. The highest BCUT2D eigenvalue weighted by Crippen LogP contribution is 2.18. The van der Waals surface area contributed by atoms with E-state index in [2.05, 4.69) is 5.32 Å². The van der Waals surface area contributed by atoms with E-state index in [1.807, 2.05) is 55.6 Å². The molecule has 2 aromatic rings. The molecule has 1 amide bonds. The number of nitrogens with one attached hydrogen (secondary N) is 1. The molecule has 1 aromatic carbocycles. The number of aryl methyl sites for hydroxylation is 1. The zero-order valence-corrected chi connectivity index (χ0v) is 11.9. The second kappa shape index (κ2) is 6.38. The Balaban J connectivity index is 1.84. The number of amides is 1. The second-order valence-electron chi connectivity index (χ2n) is 4.36. The van der Waals surface area contributed by atoms with E-state index < -0.39 is 0 Å². The van der Waals surface area contributed by atoms with Gasteiger partial charge in [0.15, 0.2) is 6.61 Å². The normalized spacial score (nSPS) is 11.9. The first-order valence-corrected chi connectivity index (χ1v) is 7.06. The molecule has 0 radical (unpaired) electrons. The van der Waals surface area contributed by atoms with Crippen LogP contribution in [0.3, 0.4) is 0 Å². The molecule has 0 saturated heterocycles. The molecule has 0 bridgehead atoms. The van der Waals surface area contributed by atoms with Crippen LogP contribution < -0.4 is 10.1 Å². The molecule has 2 rings (SSSR count). The summed E-state index contributed by atoms with van der Waals surface area (Å²) in [5, 5.41) is 4.92. The highest BCUT2D eigenvalue weighted by atomic mass is 32.1. The second-order valence-corrected chi connectivity index (χ2v) is 5.34. The van der Waals surface area contributed by atoms with Gasteiger partial charge < -0.3 is 10.1 Å². The van der Waals surface area contributed by atoms with Gasteiger partial charge in [-0.3, -0.25) is 4.79 Å². The minimum atomic E-state index is -0.107. The lowest BCUT2D eigenvalue weighted by molar-refractivity contribution is -0.123. The summed E-state index contributed by atoms with van der Waals surface area (Å²) >= 11 is 1.63. The van der Waals surface area contributed by atoms with Crippen molar-refractivity contribution >= 4 is 17.2 Å². The lowest BCUT2D eigenvalue weighted by Crippen LogP contribution is -2.30. The van der Waals surface area contributed by atoms with Gasteiger partial charge in [-0.2, -0.15) is 0 Å². The topological polar surface area (TPSA) is 38.3 Å². The van der Waals surface area contributed by atoms with Crippen molar-refractivity contribution in [3.8, 4) is 5.75 Å². The van der Waals surface area contributed by atoms with Gasteiger partial charge in [0.1, 0.15) is 5.75 Å². The zero-order chi connectivity index (χ0) is 13.7. The maximum atomic E-state index is 11.8. The summed E-state index contributed by atoms with van der Waals surface area (Å²) in [5.74, 6) is 0.644. The lowest BCUT2D eigenvalue weighted by atomic mass is 10.2. The van der Waals surface area contributed by atoms with Crippen molar-refractivity contribution in [1.82, 2.24) is 5.32 Å². The van der Waals surface area contributed by atoms with E-state index in [9.17, 15) is 4.79 Å². The van der Waals surface area contributed by atoms with Crippen LogP contribution in [0, 0.1) is 6.92 Å². The quantitative estimate of drug-likeness (QED) is 0.909. The van der Waals surface area contributed by atoms with Gasteiger partial charge in [-0.15, -0.1) is 11.3 Å². The molecule has 3 nitrogen and oxygen atoms in total. The van der Waals surface area contributed by atoms with E-state index in [0.717, 1.165) is 16.2 Å². The molecule has 1 aromatic heterocycles. The number of thiophene rings is 1. The fourth-order valence-electron chi connectivity index (χ4n) is 1.75. The monoisotopic (exact) mass is 275 g/mol. The van der Waals surface area contributed by atoms with Crippen LogP contribution in [0.25, 0.3) is 0 Å². The van der Waals surface area contributed by atoms with E-state index in [1.54, 1.807) is 11.3 Å². The van der Waals surface area contributed by atoms with Crippen LogP contribution in [0.1, 0.15) is 23.4 Å². The number of ether oxygens (including phenoxy) is 1. The average Bonchev–Trinajstić information content (AvgIpc) is 2.91. The van der Waals surface area contributed by atoms with Gasteiger partial charge in [0.05, 0.1) is 6.04 Å². The SMILES string of the molecule is Cc1ccccc1OCC(=O)NC(C)c1cccs1. The fraction of sp³-hybridized carbons (Fsp3) is 0.267. The van der Waals surface area contributed by atoms with Crippen LogP contribution in [0.5, 0.6) is 5.75 Å². The van der Waals surface area contributed by atoms with Crippen molar-refractivity contribution in [1.29, 1.82) is 0 Å². The number of carbonyl (C=O) groups excluding carboxylic acids is 1. The fourth-order valence-corrected chi connectivity index (χ4v) is 2.49. The molecule has 19 heavy (non-hydrogen) atoms. The van der Waals surface area contributed by atoms with Crippen molar-refractivity contribution in [2.45, 2.75) is 19.9 Å². The number of para-hydroxylation sites is 1. The maximum Gasteiger partial charge on any atom is 0.258 e. The van der Waals surface area contributed by atoms with Gasteiger partial charge in [0.25, 0.3) is 5.91 Å².